The number of hydrogen-bond acceptors (Lipinski definition) is 4. The maximum Gasteiger partial charge on any atom is 0.248 e. The summed E-state index contributed by atoms with van der Waals surface area (Å²) in [6.07, 6.45) is 3.45. The zero-order chi connectivity index (χ0) is 15.5. The Balaban J connectivity index is 1.71. The van der Waals surface area contributed by atoms with Gasteiger partial charge in [-0.25, -0.2) is 9.97 Å². The number of rotatable bonds is 3. The molecule has 0 saturated carbocycles. The van der Waals surface area contributed by atoms with Crippen LogP contribution in [-0.4, -0.2) is 47.6 Å². The lowest BCUT2D eigenvalue weighted by Gasteiger charge is -2.31. The van der Waals surface area contributed by atoms with Crippen molar-refractivity contribution in [3.05, 3.63) is 35.1 Å². The molecule has 6 heteroatoms. The van der Waals surface area contributed by atoms with E-state index in [1.807, 2.05) is 23.1 Å². The molecule has 0 N–H and O–H groups in total. The van der Waals surface area contributed by atoms with Crippen LogP contribution in [0.4, 0.5) is 0 Å². The van der Waals surface area contributed by atoms with E-state index < -0.39 is 0 Å². The van der Waals surface area contributed by atoms with Crippen molar-refractivity contribution >= 4 is 28.5 Å². The van der Waals surface area contributed by atoms with Gasteiger partial charge in [0.15, 0.2) is 5.65 Å². The second kappa shape index (κ2) is 6.58. The minimum absolute atomic E-state index is 0.0590. The average molecular weight is 320 g/mol. The number of hydrogen-bond donors (Lipinski definition) is 0. The molecular weight excluding hydrogens is 302 g/mol. The van der Waals surface area contributed by atoms with Crippen LogP contribution in [0.25, 0.3) is 11.0 Å². The molecule has 1 saturated heterocycles. The largest absolute Gasteiger partial charge is 0.375 e. The number of nitrogens with zero attached hydrogens (tertiary/aromatic N) is 3. The van der Waals surface area contributed by atoms with E-state index in [1.165, 1.54) is 0 Å². The number of likely N-dealkylation sites (tertiary alicyclic amines) is 1. The van der Waals surface area contributed by atoms with Crippen molar-refractivity contribution in [1.29, 1.82) is 0 Å². The zero-order valence-corrected chi connectivity index (χ0v) is 13.2. The van der Waals surface area contributed by atoms with E-state index in [0.29, 0.717) is 10.9 Å². The van der Waals surface area contributed by atoms with Gasteiger partial charge in [0.25, 0.3) is 0 Å². The smallest absolute Gasteiger partial charge is 0.248 e. The lowest BCUT2D eigenvalue weighted by Crippen LogP contribution is -2.39. The Morgan fingerprint density at radius 2 is 2.18 bits per heavy atom. The molecule has 5 nitrogen and oxygen atoms in total. The van der Waals surface area contributed by atoms with Gasteiger partial charge in [-0.2, -0.15) is 0 Å². The Hall–Kier alpha value is -1.72. The van der Waals surface area contributed by atoms with Crippen LogP contribution in [0.1, 0.15) is 24.5 Å². The summed E-state index contributed by atoms with van der Waals surface area (Å²) in [5, 5.41) is 1.57. The number of piperidine rings is 1. The third-order valence-electron chi connectivity index (χ3n) is 4.06. The molecule has 0 atom stereocenters. The van der Waals surface area contributed by atoms with Crippen LogP contribution in [0.15, 0.2) is 24.4 Å². The second-order valence-electron chi connectivity index (χ2n) is 5.52. The summed E-state index contributed by atoms with van der Waals surface area (Å²) < 4.78 is 4.90. The maximum atomic E-state index is 11.8. The fourth-order valence-electron chi connectivity index (χ4n) is 2.87. The van der Waals surface area contributed by atoms with Crippen LogP contribution < -0.4 is 0 Å². The van der Waals surface area contributed by atoms with Crippen LogP contribution in [0.2, 0.25) is 5.02 Å². The summed E-state index contributed by atoms with van der Waals surface area (Å²) >= 11 is 5.94. The van der Waals surface area contributed by atoms with Crippen LogP contribution in [0.5, 0.6) is 0 Å². The minimum Gasteiger partial charge on any atom is -0.375 e. The Labute approximate surface area is 134 Å². The Morgan fingerprint density at radius 1 is 1.41 bits per heavy atom. The van der Waals surface area contributed by atoms with Gasteiger partial charge in [-0.15, -0.1) is 0 Å². The van der Waals surface area contributed by atoms with E-state index in [2.05, 4.69) is 9.97 Å². The first kappa shape index (κ1) is 15.2. The molecule has 1 aliphatic rings. The van der Waals surface area contributed by atoms with Gasteiger partial charge in [0.05, 0.1) is 5.02 Å². The van der Waals surface area contributed by atoms with Crippen molar-refractivity contribution in [3.63, 3.8) is 0 Å². The first-order chi connectivity index (χ1) is 10.7. The van der Waals surface area contributed by atoms with E-state index >= 15 is 0 Å². The quantitative estimate of drug-likeness (QED) is 0.872. The van der Waals surface area contributed by atoms with E-state index in [1.54, 1.807) is 13.3 Å². The second-order valence-corrected chi connectivity index (χ2v) is 5.96. The molecule has 116 valence electrons. The number of carbonyl (C=O) groups is 1. The van der Waals surface area contributed by atoms with Gasteiger partial charge >= 0.3 is 0 Å². The Morgan fingerprint density at radius 3 is 2.91 bits per heavy atom. The van der Waals surface area contributed by atoms with Gasteiger partial charge in [0, 0.05) is 43.4 Å². The highest BCUT2D eigenvalue weighted by atomic mass is 35.5. The molecule has 1 fully saturated rings. The van der Waals surface area contributed by atoms with Crippen LogP contribution in [-0.2, 0) is 9.53 Å². The topological polar surface area (TPSA) is 55.3 Å². The first-order valence-corrected chi connectivity index (χ1v) is 7.74. The summed E-state index contributed by atoms with van der Waals surface area (Å²) in [5.41, 5.74) is 1.76. The predicted molar refractivity (Wildman–Crippen MR) is 85.0 cm³/mol. The standard InChI is InChI=1S/C16H18ClN3O2/c1-22-10-15(21)20-6-4-11(5-7-20)14-3-2-12-8-13(17)9-18-16(12)19-14/h2-3,8-9,11H,4-7,10H2,1H3. The number of ether oxygens (including phenoxy) is 1. The fraction of sp³-hybridized carbons (Fsp3) is 0.438. The predicted octanol–water partition coefficient (Wildman–Crippen LogP) is 2.64. The molecule has 0 spiro atoms. The highest BCUT2D eigenvalue weighted by Gasteiger charge is 2.24. The van der Waals surface area contributed by atoms with Gasteiger partial charge in [-0.05, 0) is 31.0 Å². The van der Waals surface area contributed by atoms with E-state index in [9.17, 15) is 4.79 Å². The SMILES string of the molecule is COCC(=O)N1CCC(c2ccc3cc(Cl)cnc3n2)CC1. The molecule has 1 aliphatic heterocycles. The number of amides is 1. The van der Waals surface area contributed by atoms with Crippen LogP contribution >= 0.6 is 11.6 Å². The van der Waals surface area contributed by atoms with Gasteiger partial charge in [0.2, 0.25) is 5.91 Å². The molecule has 2 aromatic heterocycles. The summed E-state index contributed by atoms with van der Waals surface area (Å²) in [4.78, 5) is 22.6. The van der Waals surface area contributed by atoms with Crippen LogP contribution in [0, 0.1) is 0 Å². The third-order valence-corrected chi connectivity index (χ3v) is 4.27. The molecule has 3 heterocycles. The number of carbonyl (C=O) groups excluding carboxylic acids is 1. The molecule has 3 rings (SSSR count). The van der Waals surface area contributed by atoms with Crippen molar-refractivity contribution < 1.29 is 9.53 Å². The molecule has 22 heavy (non-hydrogen) atoms. The minimum atomic E-state index is 0.0590. The molecule has 2 aromatic rings. The van der Waals surface area contributed by atoms with E-state index in [0.717, 1.165) is 42.7 Å². The first-order valence-electron chi connectivity index (χ1n) is 7.36. The average Bonchev–Trinajstić information content (AvgIpc) is 2.55. The number of methoxy groups -OCH3 is 1. The van der Waals surface area contributed by atoms with Gasteiger partial charge < -0.3 is 9.64 Å². The lowest BCUT2D eigenvalue weighted by atomic mass is 9.93. The Bertz CT molecular complexity index is 684. The molecule has 0 bridgehead atoms. The summed E-state index contributed by atoms with van der Waals surface area (Å²) in [6, 6.07) is 5.92. The monoisotopic (exact) mass is 319 g/mol. The highest BCUT2D eigenvalue weighted by Crippen LogP contribution is 2.28. The number of fused-ring (bicyclic) bond motifs is 1. The molecule has 0 aromatic carbocycles. The van der Waals surface area contributed by atoms with E-state index in [4.69, 9.17) is 16.3 Å². The van der Waals surface area contributed by atoms with Crippen molar-refractivity contribution in [2.45, 2.75) is 18.8 Å². The van der Waals surface area contributed by atoms with Gasteiger partial charge in [0.1, 0.15) is 6.61 Å². The van der Waals surface area contributed by atoms with Crippen molar-refractivity contribution in [2.24, 2.45) is 0 Å². The molecule has 0 unspecified atom stereocenters. The summed E-state index contributed by atoms with van der Waals surface area (Å²) in [5.74, 6) is 0.428. The number of halogens is 1. The van der Waals surface area contributed by atoms with Gasteiger partial charge in [-0.1, -0.05) is 11.6 Å². The Kier molecular flexibility index (Phi) is 4.55. The van der Waals surface area contributed by atoms with Crippen molar-refractivity contribution in [3.8, 4) is 0 Å². The summed E-state index contributed by atoms with van der Waals surface area (Å²) in [6.45, 7) is 1.66. The molecule has 1 amide bonds. The number of pyridine rings is 2. The van der Waals surface area contributed by atoms with Crippen molar-refractivity contribution in [1.82, 2.24) is 14.9 Å². The highest BCUT2D eigenvalue weighted by molar-refractivity contribution is 6.31. The fourth-order valence-corrected chi connectivity index (χ4v) is 3.03. The molecule has 0 radical (unpaired) electrons. The normalized spacial score (nSPS) is 16.2. The molecular formula is C16H18ClN3O2. The number of aromatic nitrogens is 2. The molecule has 0 aliphatic carbocycles. The van der Waals surface area contributed by atoms with Crippen LogP contribution in [0.3, 0.4) is 0 Å². The zero-order valence-electron chi connectivity index (χ0n) is 12.5. The third kappa shape index (κ3) is 3.20. The lowest BCUT2D eigenvalue weighted by molar-refractivity contribution is -0.136. The summed E-state index contributed by atoms with van der Waals surface area (Å²) in [7, 11) is 1.54. The van der Waals surface area contributed by atoms with Gasteiger partial charge in [-0.3, -0.25) is 4.79 Å². The maximum absolute atomic E-state index is 11.8. The van der Waals surface area contributed by atoms with Crippen molar-refractivity contribution in [2.75, 3.05) is 26.8 Å². The van der Waals surface area contributed by atoms with E-state index in [-0.39, 0.29) is 12.5 Å².